The molecule has 0 spiro atoms. The first-order valence-electron chi connectivity index (χ1n) is 7.20. The van der Waals surface area contributed by atoms with Crippen LogP contribution in [0.5, 0.6) is 5.75 Å². The summed E-state index contributed by atoms with van der Waals surface area (Å²) in [4.78, 5) is 5.39. The average molecular weight is 292 g/mol. The second kappa shape index (κ2) is 6.45. The molecule has 0 saturated heterocycles. The van der Waals surface area contributed by atoms with Gasteiger partial charge in [0.25, 0.3) is 0 Å². The molecule has 1 aliphatic rings. The van der Waals surface area contributed by atoms with Crippen LogP contribution in [0.4, 0.5) is 0 Å². The van der Waals surface area contributed by atoms with E-state index in [1.807, 2.05) is 24.3 Å². The predicted molar refractivity (Wildman–Crippen MR) is 82.8 cm³/mol. The maximum atomic E-state index is 10.2. The van der Waals surface area contributed by atoms with Gasteiger partial charge >= 0.3 is 0 Å². The van der Waals surface area contributed by atoms with Gasteiger partial charge in [0, 0.05) is 24.1 Å². The van der Waals surface area contributed by atoms with Crippen molar-refractivity contribution in [1.29, 1.82) is 0 Å². The Kier molecular flexibility index (Phi) is 4.85. The highest BCUT2D eigenvalue weighted by atomic mass is 16.7. The Bertz CT molecular complexity index is 508. The van der Waals surface area contributed by atoms with E-state index in [9.17, 15) is 5.11 Å². The first-order valence-corrected chi connectivity index (χ1v) is 7.20. The highest BCUT2D eigenvalue weighted by Crippen LogP contribution is 2.25. The van der Waals surface area contributed by atoms with Gasteiger partial charge in [-0.3, -0.25) is 0 Å². The third-order valence-corrected chi connectivity index (χ3v) is 3.38. The molecule has 0 aliphatic carbocycles. The minimum absolute atomic E-state index is 0.0358. The molecule has 0 unspecified atom stereocenters. The van der Waals surface area contributed by atoms with Gasteiger partial charge < -0.3 is 20.0 Å². The number of β-amino-alcohol motifs (C(OH)–C–C–N with tert-alkyl or cyclic N) is 1. The summed E-state index contributed by atoms with van der Waals surface area (Å²) >= 11 is 0. The standard InChI is InChI=1S/C16H24N2O3/c1-16(2,3)17-10-13(19)15-9-12(18-21-15)11-7-5-6-8-14(11)20-4/h5-8,13,15,17,19H,9-10H2,1-4H3/t13-,15-/m0/s1. The summed E-state index contributed by atoms with van der Waals surface area (Å²) in [7, 11) is 1.63. The van der Waals surface area contributed by atoms with E-state index in [0.717, 1.165) is 17.0 Å². The van der Waals surface area contributed by atoms with Gasteiger partial charge in [0.05, 0.1) is 12.8 Å². The number of benzene rings is 1. The number of rotatable bonds is 5. The van der Waals surface area contributed by atoms with Crippen LogP contribution in [-0.2, 0) is 4.84 Å². The minimum atomic E-state index is -0.597. The zero-order valence-electron chi connectivity index (χ0n) is 13.1. The Morgan fingerprint density at radius 2 is 2.14 bits per heavy atom. The van der Waals surface area contributed by atoms with Crippen LogP contribution in [-0.4, -0.2) is 42.2 Å². The number of oxime groups is 1. The van der Waals surface area contributed by atoms with Gasteiger partial charge in [0.15, 0.2) is 6.10 Å². The average Bonchev–Trinajstić information content (AvgIpc) is 2.93. The topological polar surface area (TPSA) is 63.1 Å². The van der Waals surface area contributed by atoms with Gasteiger partial charge in [-0.2, -0.15) is 0 Å². The van der Waals surface area contributed by atoms with E-state index in [0.29, 0.717) is 13.0 Å². The Labute approximate surface area is 125 Å². The molecule has 0 bridgehead atoms. The van der Waals surface area contributed by atoms with Crippen LogP contribution in [0.2, 0.25) is 0 Å². The summed E-state index contributed by atoms with van der Waals surface area (Å²) in [6.45, 7) is 6.66. The lowest BCUT2D eigenvalue weighted by molar-refractivity contribution is -0.0181. The number of aliphatic hydroxyl groups excluding tert-OH is 1. The monoisotopic (exact) mass is 292 g/mol. The maximum Gasteiger partial charge on any atom is 0.160 e. The summed E-state index contributed by atoms with van der Waals surface area (Å²) in [5.74, 6) is 0.766. The first-order chi connectivity index (χ1) is 9.90. The molecule has 116 valence electrons. The van der Waals surface area contributed by atoms with E-state index in [1.165, 1.54) is 0 Å². The Hall–Kier alpha value is -1.59. The third kappa shape index (κ3) is 4.19. The van der Waals surface area contributed by atoms with Gasteiger partial charge in [0.1, 0.15) is 11.9 Å². The second-order valence-electron chi connectivity index (χ2n) is 6.28. The van der Waals surface area contributed by atoms with E-state index in [4.69, 9.17) is 9.57 Å². The summed E-state index contributed by atoms with van der Waals surface area (Å²) in [5, 5.41) is 17.6. The van der Waals surface area contributed by atoms with Crippen molar-refractivity contribution in [3.63, 3.8) is 0 Å². The van der Waals surface area contributed by atoms with Gasteiger partial charge in [-0.1, -0.05) is 17.3 Å². The van der Waals surface area contributed by atoms with Crippen molar-refractivity contribution >= 4 is 5.71 Å². The van der Waals surface area contributed by atoms with E-state index in [-0.39, 0.29) is 11.6 Å². The molecular weight excluding hydrogens is 268 g/mol. The lowest BCUT2D eigenvalue weighted by Gasteiger charge is -2.24. The first kappa shape index (κ1) is 15.8. The number of nitrogens with one attached hydrogen (secondary N) is 1. The van der Waals surface area contributed by atoms with Crippen molar-refractivity contribution in [3.05, 3.63) is 29.8 Å². The maximum absolute atomic E-state index is 10.2. The molecule has 5 heteroatoms. The van der Waals surface area contributed by atoms with Crippen LogP contribution < -0.4 is 10.1 Å². The molecule has 1 aromatic carbocycles. The molecule has 0 saturated carbocycles. The minimum Gasteiger partial charge on any atom is -0.496 e. The fourth-order valence-electron chi connectivity index (χ4n) is 2.19. The number of nitrogens with zero attached hydrogens (tertiary/aromatic N) is 1. The molecule has 21 heavy (non-hydrogen) atoms. The van der Waals surface area contributed by atoms with Crippen molar-refractivity contribution in [2.45, 2.75) is 44.9 Å². The molecule has 0 aromatic heterocycles. The summed E-state index contributed by atoms with van der Waals surface area (Å²) < 4.78 is 5.33. The Morgan fingerprint density at radius 3 is 2.81 bits per heavy atom. The highest BCUT2D eigenvalue weighted by molar-refractivity contribution is 6.03. The summed E-state index contributed by atoms with van der Waals surface area (Å²) in [6.07, 6.45) is -0.340. The molecule has 2 N–H and O–H groups in total. The number of ether oxygens (including phenoxy) is 1. The van der Waals surface area contributed by atoms with Crippen LogP contribution >= 0.6 is 0 Å². The molecule has 0 fully saturated rings. The van der Waals surface area contributed by atoms with Crippen molar-refractivity contribution in [3.8, 4) is 5.75 Å². The zero-order chi connectivity index (χ0) is 15.5. The van der Waals surface area contributed by atoms with Crippen LogP contribution in [0, 0.1) is 0 Å². The van der Waals surface area contributed by atoms with Crippen LogP contribution in [0.3, 0.4) is 0 Å². The van der Waals surface area contributed by atoms with Crippen molar-refractivity contribution in [1.82, 2.24) is 5.32 Å². The zero-order valence-corrected chi connectivity index (χ0v) is 13.1. The van der Waals surface area contributed by atoms with Crippen LogP contribution in [0.25, 0.3) is 0 Å². The number of aliphatic hydroxyl groups is 1. The molecule has 0 radical (unpaired) electrons. The third-order valence-electron chi connectivity index (χ3n) is 3.38. The number of hydrogen-bond acceptors (Lipinski definition) is 5. The lowest BCUT2D eigenvalue weighted by atomic mass is 10.0. The van der Waals surface area contributed by atoms with E-state index in [1.54, 1.807) is 7.11 Å². The fraction of sp³-hybridized carbons (Fsp3) is 0.562. The molecule has 2 rings (SSSR count). The van der Waals surface area contributed by atoms with Gasteiger partial charge in [-0.15, -0.1) is 0 Å². The molecule has 1 aliphatic heterocycles. The summed E-state index contributed by atoms with van der Waals surface area (Å²) in [6, 6.07) is 7.69. The largest absolute Gasteiger partial charge is 0.496 e. The number of methoxy groups -OCH3 is 1. The van der Waals surface area contributed by atoms with Gasteiger partial charge in [0.2, 0.25) is 0 Å². The Morgan fingerprint density at radius 1 is 1.43 bits per heavy atom. The molecule has 1 aromatic rings. The van der Waals surface area contributed by atoms with E-state index >= 15 is 0 Å². The van der Waals surface area contributed by atoms with Gasteiger partial charge in [-0.05, 0) is 32.9 Å². The van der Waals surface area contributed by atoms with Crippen molar-refractivity contribution in [2.24, 2.45) is 5.16 Å². The predicted octanol–water partition coefficient (Wildman–Crippen LogP) is 1.94. The van der Waals surface area contributed by atoms with E-state index in [2.05, 4.69) is 31.2 Å². The smallest absolute Gasteiger partial charge is 0.160 e. The van der Waals surface area contributed by atoms with Gasteiger partial charge in [-0.25, -0.2) is 0 Å². The van der Waals surface area contributed by atoms with Crippen molar-refractivity contribution in [2.75, 3.05) is 13.7 Å². The number of para-hydroxylation sites is 1. The highest BCUT2D eigenvalue weighted by Gasteiger charge is 2.30. The molecular formula is C16H24N2O3. The summed E-state index contributed by atoms with van der Waals surface area (Å²) in [5.41, 5.74) is 1.69. The SMILES string of the molecule is COc1ccccc1C1=NO[C@H]([C@@H](O)CNC(C)(C)C)C1. The molecule has 0 amide bonds. The molecule has 2 atom stereocenters. The quantitative estimate of drug-likeness (QED) is 0.870. The van der Waals surface area contributed by atoms with Crippen LogP contribution in [0.1, 0.15) is 32.8 Å². The Balaban J connectivity index is 1.96. The normalized spacial score (nSPS) is 19.9. The molecule has 5 nitrogen and oxygen atoms in total. The van der Waals surface area contributed by atoms with E-state index < -0.39 is 6.10 Å². The number of hydrogen-bond donors (Lipinski definition) is 2. The van der Waals surface area contributed by atoms with Crippen LogP contribution in [0.15, 0.2) is 29.4 Å². The lowest BCUT2D eigenvalue weighted by Crippen LogP contribution is -2.44. The second-order valence-corrected chi connectivity index (χ2v) is 6.28. The molecule has 1 heterocycles. The fourth-order valence-corrected chi connectivity index (χ4v) is 2.19. The van der Waals surface area contributed by atoms with Crippen molar-refractivity contribution < 1.29 is 14.7 Å².